The molecule has 2 fully saturated rings. The third-order valence-corrected chi connectivity index (χ3v) is 4.80. The van der Waals surface area contributed by atoms with Gasteiger partial charge in [-0.1, -0.05) is 19.3 Å². The molecule has 0 bridgehead atoms. The molecule has 4 nitrogen and oxygen atoms in total. The highest BCUT2D eigenvalue weighted by Gasteiger charge is 2.32. The van der Waals surface area contributed by atoms with E-state index in [0.29, 0.717) is 6.54 Å². The first-order chi connectivity index (χ1) is 9.83. The van der Waals surface area contributed by atoms with E-state index in [-0.39, 0.29) is 11.8 Å². The molecule has 2 heterocycles. The average Bonchev–Trinajstić information content (AvgIpc) is 3.17. The number of nitrogens with zero attached hydrogens (tertiary/aromatic N) is 1. The van der Waals surface area contributed by atoms with E-state index < -0.39 is 0 Å². The maximum Gasteiger partial charge on any atom is 0.224 e. The van der Waals surface area contributed by atoms with Gasteiger partial charge in [0, 0.05) is 24.5 Å². The predicted molar refractivity (Wildman–Crippen MR) is 79.2 cm³/mol. The van der Waals surface area contributed by atoms with Gasteiger partial charge in [-0.05, 0) is 37.9 Å². The normalized spacial score (nSPS) is 24.9. The van der Waals surface area contributed by atoms with Crippen molar-refractivity contribution in [1.29, 1.82) is 0 Å². The third-order valence-electron chi connectivity index (χ3n) is 4.80. The second-order valence-electron chi connectivity index (χ2n) is 6.19. The maximum absolute atomic E-state index is 12.2. The summed E-state index contributed by atoms with van der Waals surface area (Å²) < 4.78 is 0. The van der Waals surface area contributed by atoms with Crippen LogP contribution in [0, 0.1) is 5.92 Å². The van der Waals surface area contributed by atoms with Gasteiger partial charge in [-0.2, -0.15) is 0 Å². The first-order valence-corrected chi connectivity index (χ1v) is 7.97. The van der Waals surface area contributed by atoms with Crippen LogP contribution in [0.15, 0.2) is 18.3 Å². The molecule has 2 aliphatic rings. The second-order valence-corrected chi connectivity index (χ2v) is 6.19. The quantitative estimate of drug-likeness (QED) is 0.885. The number of aromatic amines is 1. The lowest BCUT2D eigenvalue weighted by Crippen LogP contribution is -2.37. The summed E-state index contributed by atoms with van der Waals surface area (Å²) in [6.45, 7) is 2.68. The van der Waals surface area contributed by atoms with Crippen molar-refractivity contribution >= 4 is 5.91 Å². The number of amides is 1. The van der Waals surface area contributed by atoms with Gasteiger partial charge in [0.05, 0.1) is 12.5 Å². The number of aromatic nitrogens is 1. The van der Waals surface area contributed by atoms with E-state index in [1.54, 1.807) is 0 Å². The van der Waals surface area contributed by atoms with Gasteiger partial charge in [-0.25, -0.2) is 0 Å². The second kappa shape index (κ2) is 6.44. The molecule has 1 atom stereocenters. The third kappa shape index (κ3) is 3.23. The van der Waals surface area contributed by atoms with Crippen LogP contribution >= 0.6 is 0 Å². The standard InChI is InChI=1S/C16H25N3O/c20-16(18-11-14-5-4-9-17-14)13-8-10-19(12-13)15-6-2-1-3-7-15/h4-5,9,13,15,17H,1-3,6-8,10-12H2,(H,18,20). The number of rotatable bonds is 4. The van der Waals surface area contributed by atoms with Crippen molar-refractivity contribution in [2.45, 2.75) is 51.1 Å². The van der Waals surface area contributed by atoms with E-state index in [9.17, 15) is 4.79 Å². The molecule has 1 amide bonds. The molecule has 0 aromatic carbocycles. The lowest BCUT2D eigenvalue weighted by atomic mass is 9.94. The number of hydrogen-bond acceptors (Lipinski definition) is 2. The molecule has 1 aliphatic carbocycles. The number of carbonyl (C=O) groups is 1. The smallest absolute Gasteiger partial charge is 0.224 e. The molecular formula is C16H25N3O. The fourth-order valence-corrected chi connectivity index (χ4v) is 3.58. The summed E-state index contributed by atoms with van der Waals surface area (Å²) >= 11 is 0. The Morgan fingerprint density at radius 1 is 1.30 bits per heavy atom. The predicted octanol–water partition coefficient (Wildman–Crippen LogP) is 2.29. The molecule has 0 spiro atoms. The first-order valence-electron chi connectivity index (χ1n) is 7.97. The van der Waals surface area contributed by atoms with Gasteiger partial charge >= 0.3 is 0 Å². The van der Waals surface area contributed by atoms with Crippen molar-refractivity contribution < 1.29 is 4.79 Å². The van der Waals surface area contributed by atoms with Gasteiger partial charge in [-0.3, -0.25) is 9.69 Å². The Kier molecular flexibility index (Phi) is 4.41. The minimum absolute atomic E-state index is 0.187. The lowest BCUT2D eigenvalue weighted by molar-refractivity contribution is -0.124. The Hall–Kier alpha value is -1.29. The van der Waals surface area contributed by atoms with Crippen LogP contribution in [0.2, 0.25) is 0 Å². The van der Waals surface area contributed by atoms with Crippen molar-refractivity contribution in [3.63, 3.8) is 0 Å². The fourth-order valence-electron chi connectivity index (χ4n) is 3.58. The summed E-state index contributed by atoms with van der Waals surface area (Å²) in [5.41, 5.74) is 1.07. The van der Waals surface area contributed by atoms with E-state index in [1.807, 2.05) is 18.3 Å². The largest absolute Gasteiger partial charge is 0.364 e. The Labute approximate surface area is 120 Å². The van der Waals surface area contributed by atoms with Crippen molar-refractivity contribution in [2.24, 2.45) is 5.92 Å². The lowest BCUT2D eigenvalue weighted by Gasteiger charge is -2.30. The summed E-state index contributed by atoms with van der Waals surface area (Å²) in [5.74, 6) is 0.407. The highest BCUT2D eigenvalue weighted by Crippen LogP contribution is 2.27. The van der Waals surface area contributed by atoms with Crippen molar-refractivity contribution in [3.05, 3.63) is 24.0 Å². The molecule has 4 heteroatoms. The van der Waals surface area contributed by atoms with Gasteiger partial charge in [0.25, 0.3) is 0 Å². The van der Waals surface area contributed by atoms with Crippen LogP contribution < -0.4 is 5.32 Å². The Bertz CT molecular complexity index is 423. The van der Waals surface area contributed by atoms with Crippen LogP contribution in [-0.2, 0) is 11.3 Å². The zero-order valence-electron chi connectivity index (χ0n) is 12.1. The van der Waals surface area contributed by atoms with E-state index in [4.69, 9.17) is 0 Å². The first kappa shape index (κ1) is 13.7. The molecule has 20 heavy (non-hydrogen) atoms. The van der Waals surface area contributed by atoms with Crippen LogP contribution in [0.5, 0.6) is 0 Å². The molecule has 2 N–H and O–H groups in total. The molecule has 1 unspecified atom stereocenters. The maximum atomic E-state index is 12.2. The van der Waals surface area contributed by atoms with Crippen molar-refractivity contribution in [3.8, 4) is 0 Å². The molecule has 0 radical (unpaired) electrons. The molecule has 1 aliphatic heterocycles. The number of likely N-dealkylation sites (tertiary alicyclic amines) is 1. The zero-order valence-corrected chi connectivity index (χ0v) is 12.1. The summed E-state index contributed by atoms with van der Waals surface area (Å²) in [5, 5.41) is 3.05. The van der Waals surface area contributed by atoms with Gasteiger partial charge in [0.2, 0.25) is 5.91 Å². The fraction of sp³-hybridized carbons (Fsp3) is 0.688. The van der Waals surface area contributed by atoms with Gasteiger partial charge in [-0.15, -0.1) is 0 Å². The monoisotopic (exact) mass is 275 g/mol. The number of H-pyrrole nitrogens is 1. The Balaban J connectivity index is 1.45. The topological polar surface area (TPSA) is 48.1 Å². The van der Waals surface area contributed by atoms with E-state index >= 15 is 0 Å². The Morgan fingerprint density at radius 3 is 2.90 bits per heavy atom. The number of carbonyl (C=O) groups excluding carboxylic acids is 1. The SMILES string of the molecule is O=C(NCc1ccc[nH]1)C1CCN(C2CCCCC2)C1. The summed E-state index contributed by atoms with van der Waals surface area (Å²) in [6.07, 6.45) is 9.70. The highest BCUT2D eigenvalue weighted by atomic mass is 16.1. The molecule has 3 rings (SSSR count). The molecule has 1 aromatic heterocycles. The molecule has 1 aromatic rings. The Morgan fingerprint density at radius 2 is 2.15 bits per heavy atom. The average molecular weight is 275 g/mol. The van der Waals surface area contributed by atoms with Gasteiger partial charge in [0.1, 0.15) is 0 Å². The summed E-state index contributed by atoms with van der Waals surface area (Å²) in [4.78, 5) is 17.9. The molecule has 1 saturated heterocycles. The zero-order chi connectivity index (χ0) is 13.8. The van der Waals surface area contributed by atoms with E-state index in [2.05, 4.69) is 15.2 Å². The number of nitrogens with one attached hydrogen (secondary N) is 2. The van der Waals surface area contributed by atoms with E-state index in [0.717, 1.165) is 31.2 Å². The van der Waals surface area contributed by atoms with Crippen molar-refractivity contribution in [1.82, 2.24) is 15.2 Å². The summed E-state index contributed by atoms with van der Waals surface area (Å²) in [6, 6.07) is 4.70. The van der Waals surface area contributed by atoms with Crippen LogP contribution in [0.25, 0.3) is 0 Å². The molecular weight excluding hydrogens is 250 g/mol. The minimum Gasteiger partial charge on any atom is -0.364 e. The van der Waals surface area contributed by atoms with Crippen LogP contribution in [-0.4, -0.2) is 34.9 Å². The number of hydrogen-bond donors (Lipinski definition) is 2. The minimum atomic E-state index is 0.187. The van der Waals surface area contributed by atoms with Crippen LogP contribution in [0.1, 0.15) is 44.2 Å². The summed E-state index contributed by atoms with van der Waals surface area (Å²) in [7, 11) is 0. The van der Waals surface area contributed by atoms with Gasteiger partial charge in [0.15, 0.2) is 0 Å². The molecule has 110 valence electrons. The van der Waals surface area contributed by atoms with Crippen LogP contribution in [0.4, 0.5) is 0 Å². The van der Waals surface area contributed by atoms with Crippen LogP contribution in [0.3, 0.4) is 0 Å². The molecule has 1 saturated carbocycles. The highest BCUT2D eigenvalue weighted by molar-refractivity contribution is 5.79. The van der Waals surface area contributed by atoms with Gasteiger partial charge < -0.3 is 10.3 Å². The van der Waals surface area contributed by atoms with Crippen molar-refractivity contribution in [2.75, 3.05) is 13.1 Å². The van der Waals surface area contributed by atoms with E-state index in [1.165, 1.54) is 32.1 Å².